The van der Waals surface area contributed by atoms with Crippen LogP contribution in [0, 0.1) is 0 Å². The van der Waals surface area contributed by atoms with Gasteiger partial charge in [0, 0.05) is 0 Å². The van der Waals surface area contributed by atoms with E-state index in [1.54, 1.807) is 0 Å². The molecule has 2 unspecified atom stereocenters. The van der Waals surface area contributed by atoms with Crippen molar-refractivity contribution in [2.45, 2.75) is 37.9 Å². The number of ketones is 1. The van der Waals surface area contributed by atoms with E-state index in [0.29, 0.717) is 4.68 Å². The van der Waals surface area contributed by atoms with E-state index in [-0.39, 0.29) is 29.6 Å². The van der Waals surface area contributed by atoms with E-state index in [9.17, 15) is 31.1 Å². The summed E-state index contributed by atoms with van der Waals surface area (Å²) in [6.07, 6.45) is -2.33. The van der Waals surface area contributed by atoms with Gasteiger partial charge in [0.25, 0.3) is 0 Å². The van der Waals surface area contributed by atoms with Crippen LogP contribution in [0.2, 0.25) is 0 Å². The molecule has 0 spiro atoms. The number of carbonyl (C=O) groups is 1. The maximum absolute atomic E-state index is 13.9. The predicted octanol–water partition coefficient (Wildman–Crippen LogP) is 3.59. The summed E-state index contributed by atoms with van der Waals surface area (Å²) in [6.45, 7) is 3.81. The average Bonchev–Trinajstić information content (AvgIpc) is 3.48. The fourth-order valence-corrected chi connectivity index (χ4v) is 3.59. The Bertz CT molecular complexity index is 1280. The molecule has 1 aromatic heterocycles. The number of ether oxygens (including phenoxy) is 2. The number of guanidine groups is 1. The number of aliphatic imine (C=N–C) groups is 1. The maximum atomic E-state index is 13.9. The van der Waals surface area contributed by atoms with Gasteiger partial charge in [0.05, 0.1) is 17.9 Å². The van der Waals surface area contributed by atoms with E-state index < -0.39 is 54.1 Å². The van der Waals surface area contributed by atoms with Crippen molar-refractivity contribution in [3.63, 3.8) is 0 Å². The summed E-state index contributed by atoms with van der Waals surface area (Å²) in [5, 5.41) is 12.5. The molecular formula is C22H18F6N6O3. The molecule has 37 heavy (non-hydrogen) atoms. The normalized spacial score (nSPS) is 22.0. The second-order valence-electron chi connectivity index (χ2n) is 7.84. The van der Waals surface area contributed by atoms with Gasteiger partial charge in [-0.15, -0.1) is 19.6 Å². The minimum Gasteiger partial charge on any atom is -0.396 e. The third kappa shape index (κ3) is 5.61. The molecule has 2 aliphatic heterocycles. The first kappa shape index (κ1) is 25.8. The number of hydrogen-bond donors (Lipinski definition) is 2. The fraction of sp³-hybridized carbons (Fsp3) is 0.318. The van der Waals surface area contributed by atoms with E-state index >= 15 is 0 Å². The van der Waals surface area contributed by atoms with Crippen molar-refractivity contribution in [3.05, 3.63) is 71.4 Å². The second kappa shape index (κ2) is 9.65. The van der Waals surface area contributed by atoms with Gasteiger partial charge in [-0.25, -0.2) is 9.38 Å². The van der Waals surface area contributed by atoms with Crippen molar-refractivity contribution in [2.75, 3.05) is 6.54 Å². The lowest BCUT2D eigenvalue weighted by molar-refractivity contribution is -0.326. The van der Waals surface area contributed by atoms with Gasteiger partial charge in [0.2, 0.25) is 5.78 Å². The van der Waals surface area contributed by atoms with E-state index in [0.717, 1.165) is 0 Å². The monoisotopic (exact) mass is 528 g/mol. The average molecular weight is 528 g/mol. The molecule has 1 aromatic rings. The van der Waals surface area contributed by atoms with Crippen LogP contribution in [0.4, 0.5) is 26.3 Å². The number of carbonyl (C=O) groups excluding carboxylic acids is 1. The number of fused-ring (bicyclic) bond motifs is 2. The van der Waals surface area contributed by atoms with Gasteiger partial charge in [0.15, 0.2) is 28.9 Å². The van der Waals surface area contributed by atoms with Crippen LogP contribution in [0.25, 0.3) is 5.70 Å². The highest BCUT2D eigenvalue weighted by atomic mass is 19.4. The highest BCUT2D eigenvalue weighted by molar-refractivity contribution is 5.98. The first-order valence-electron chi connectivity index (χ1n) is 10.6. The van der Waals surface area contributed by atoms with E-state index in [1.165, 1.54) is 37.3 Å². The molecule has 3 aliphatic rings. The van der Waals surface area contributed by atoms with E-state index in [2.05, 4.69) is 47.7 Å². The SMILES string of the molecule is C=C=C(/C=C\C/C=C(\C)F)n1nnc(C(=O)CN=C2NC3C=C4OC(F)(F)OC4=CC3N2)c1C(F)(F)F. The Balaban J connectivity index is 1.50. The van der Waals surface area contributed by atoms with Gasteiger partial charge < -0.3 is 20.1 Å². The molecule has 0 saturated carbocycles. The lowest BCUT2D eigenvalue weighted by atomic mass is 10.0. The lowest BCUT2D eigenvalue weighted by Gasteiger charge is -2.15. The van der Waals surface area contributed by atoms with Crippen LogP contribution < -0.4 is 10.6 Å². The third-order valence-electron chi connectivity index (χ3n) is 5.16. The zero-order valence-electron chi connectivity index (χ0n) is 18.9. The van der Waals surface area contributed by atoms with Crippen molar-refractivity contribution in [1.29, 1.82) is 0 Å². The van der Waals surface area contributed by atoms with Crippen LogP contribution in [-0.4, -0.2) is 51.7 Å². The second-order valence-corrected chi connectivity index (χ2v) is 7.84. The fourth-order valence-electron chi connectivity index (χ4n) is 3.59. The molecule has 0 radical (unpaired) electrons. The molecule has 0 bridgehead atoms. The van der Waals surface area contributed by atoms with Crippen LogP contribution in [0.5, 0.6) is 0 Å². The number of alkyl halides is 5. The smallest absolute Gasteiger partial charge is 0.396 e. The summed E-state index contributed by atoms with van der Waals surface area (Å²) in [5.74, 6) is -1.88. The van der Waals surface area contributed by atoms with Gasteiger partial charge >= 0.3 is 12.5 Å². The first-order valence-corrected chi connectivity index (χ1v) is 10.6. The lowest BCUT2D eigenvalue weighted by Crippen LogP contribution is -2.32. The third-order valence-corrected chi connectivity index (χ3v) is 5.16. The van der Waals surface area contributed by atoms with Gasteiger partial charge in [-0.2, -0.15) is 17.9 Å². The number of nitrogens with zero attached hydrogens (tertiary/aromatic N) is 4. The largest absolute Gasteiger partial charge is 0.586 e. The molecule has 0 amide bonds. The van der Waals surface area contributed by atoms with Gasteiger partial charge in [-0.05, 0) is 37.6 Å². The van der Waals surface area contributed by atoms with Crippen LogP contribution in [-0.2, 0) is 15.7 Å². The Morgan fingerprint density at radius 2 is 1.89 bits per heavy atom. The molecule has 3 heterocycles. The molecule has 4 rings (SSSR count). The molecule has 196 valence electrons. The van der Waals surface area contributed by atoms with Crippen molar-refractivity contribution >= 4 is 17.4 Å². The first-order chi connectivity index (χ1) is 17.4. The number of Topliss-reactive ketones (excluding diaryl/α,β-unsaturated/α-hetero) is 1. The molecule has 0 aromatic carbocycles. The minimum absolute atomic E-state index is 0.0376. The predicted molar refractivity (Wildman–Crippen MR) is 116 cm³/mol. The quantitative estimate of drug-likeness (QED) is 0.241. The molecule has 2 atom stereocenters. The number of rotatable bonds is 7. The number of allylic oxidation sites excluding steroid dienone is 5. The Kier molecular flexibility index (Phi) is 6.74. The zero-order valence-corrected chi connectivity index (χ0v) is 18.9. The van der Waals surface area contributed by atoms with Crippen LogP contribution in [0.1, 0.15) is 29.5 Å². The van der Waals surface area contributed by atoms with Crippen LogP contribution in [0.15, 0.2) is 65.0 Å². The molecule has 2 N–H and O–H groups in total. The number of nitrogens with one attached hydrogen (secondary N) is 2. The molecular weight excluding hydrogens is 510 g/mol. The minimum atomic E-state index is -5.02. The van der Waals surface area contributed by atoms with Gasteiger partial charge in [-0.3, -0.25) is 4.79 Å². The Morgan fingerprint density at radius 3 is 2.43 bits per heavy atom. The number of halogens is 6. The number of aromatic nitrogens is 3. The Hall–Kier alpha value is -4.26. The molecule has 2 saturated heterocycles. The molecule has 2 fully saturated rings. The molecule has 15 heteroatoms. The van der Waals surface area contributed by atoms with Crippen LogP contribution >= 0.6 is 0 Å². The summed E-state index contributed by atoms with van der Waals surface area (Å²) < 4.78 is 89.9. The maximum Gasteiger partial charge on any atom is 0.586 e. The summed E-state index contributed by atoms with van der Waals surface area (Å²) in [6, 6.07) is -1.17. The van der Waals surface area contributed by atoms with Crippen molar-refractivity contribution in [1.82, 2.24) is 25.6 Å². The van der Waals surface area contributed by atoms with E-state index in [4.69, 9.17) is 0 Å². The summed E-state index contributed by atoms with van der Waals surface area (Å²) in [7, 11) is 0. The summed E-state index contributed by atoms with van der Waals surface area (Å²) >= 11 is 0. The van der Waals surface area contributed by atoms with E-state index in [1.807, 2.05) is 0 Å². The highest BCUT2D eigenvalue weighted by Crippen LogP contribution is 2.39. The molecule has 9 nitrogen and oxygen atoms in total. The Labute approximate surface area is 205 Å². The zero-order chi connectivity index (χ0) is 27.0. The highest BCUT2D eigenvalue weighted by Gasteiger charge is 2.49. The van der Waals surface area contributed by atoms with Gasteiger partial charge in [-0.1, -0.05) is 17.9 Å². The van der Waals surface area contributed by atoms with Crippen molar-refractivity contribution in [3.8, 4) is 0 Å². The standard InChI is InChI=1S/C22H18F6N6O3/c1-3-12(7-5-4-6-11(2)23)34-19(21(24,25)26)18(32-33-34)15(35)10-29-20-30-13-8-16-17(9-14(13)31-20)37-22(27,28)36-16/h5-9,13-14H,1,4,10H2,2H3,(H2,29,30,31)/b7-5-,11-6+. The Morgan fingerprint density at radius 1 is 1.27 bits per heavy atom. The van der Waals surface area contributed by atoms with Crippen LogP contribution in [0.3, 0.4) is 0 Å². The van der Waals surface area contributed by atoms with Gasteiger partial charge in [0.1, 0.15) is 12.2 Å². The summed E-state index contributed by atoms with van der Waals surface area (Å²) in [5.41, 5.74) is -0.408. The summed E-state index contributed by atoms with van der Waals surface area (Å²) in [4.78, 5) is 16.6. The van der Waals surface area contributed by atoms with Crippen molar-refractivity contribution in [2.24, 2.45) is 4.99 Å². The van der Waals surface area contributed by atoms with Crippen molar-refractivity contribution < 1.29 is 40.6 Å². The topological polar surface area (TPSA) is 103 Å². The number of hydrogen-bond acceptors (Lipinski definition) is 6. The molecule has 1 aliphatic carbocycles.